The summed E-state index contributed by atoms with van der Waals surface area (Å²) >= 11 is 0. The van der Waals surface area contributed by atoms with Crippen molar-refractivity contribution >= 4 is 6.16 Å². The number of carbonyl (C=O) groups is 1. The molecule has 5 nitrogen and oxygen atoms in total. The molecule has 1 aliphatic rings. The van der Waals surface area contributed by atoms with Crippen LogP contribution in [-0.4, -0.2) is 40.3 Å². The molecule has 1 saturated heterocycles. The van der Waals surface area contributed by atoms with Crippen LogP contribution in [0.1, 0.15) is 59.3 Å². The first-order valence-electron chi connectivity index (χ1n) is 7.11. The molecule has 0 amide bonds. The largest absolute Gasteiger partial charge is 0.509 e. The van der Waals surface area contributed by atoms with Crippen LogP contribution >= 0.6 is 0 Å². The quantitative estimate of drug-likeness (QED) is 0.665. The van der Waals surface area contributed by atoms with E-state index in [2.05, 4.69) is 0 Å². The molecule has 0 aromatic carbocycles. The topological polar surface area (TPSA) is 76.0 Å². The Labute approximate surface area is 114 Å². The first kappa shape index (κ1) is 16.2. The summed E-state index contributed by atoms with van der Waals surface area (Å²) < 4.78 is 10.5. The molecule has 2 N–H and O–H groups in total. The van der Waals surface area contributed by atoms with Crippen molar-refractivity contribution < 1.29 is 24.5 Å². The molecular weight excluding hydrogens is 248 g/mol. The van der Waals surface area contributed by atoms with E-state index in [1.807, 2.05) is 6.92 Å². The van der Waals surface area contributed by atoms with Gasteiger partial charge in [-0.2, -0.15) is 0 Å². The maximum Gasteiger partial charge on any atom is 0.509 e. The molecule has 1 heterocycles. The summed E-state index contributed by atoms with van der Waals surface area (Å²) in [7, 11) is 0. The van der Waals surface area contributed by atoms with Gasteiger partial charge in [-0.1, -0.05) is 0 Å². The summed E-state index contributed by atoms with van der Waals surface area (Å²) in [4.78, 5) is 11.3. The van der Waals surface area contributed by atoms with Crippen molar-refractivity contribution in [2.24, 2.45) is 0 Å². The van der Waals surface area contributed by atoms with E-state index in [0.717, 1.165) is 12.8 Å². The minimum absolute atomic E-state index is 0.275. The van der Waals surface area contributed by atoms with Gasteiger partial charge in [0.25, 0.3) is 0 Å². The van der Waals surface area contributed by atoms with Gasteiger partial charge in [0.15, 0.2) is 5.60 Å². The van der Waals surface area contributed by atoms with Gasteiger partial charge in [0.05, 0.1) is 12.2 Å². The minimum atomic E-state index is -0.610. The van der Waals surface area contributed by atoms with Crippen molar-refractivity contribution in [3.63, 3.8) is 0 Å². The maximum absolute atomic E-state index is 11.3. The van der Waals surface area contributed by atoms with E-state index in [1.165, 1.54) is 0 Å². The second-order valence-corrected chi connectivity index (χ2v) is 5.66. The molecule has 1 fully saturated rings. The lowest BCUT2D eigenvalue weighted by Gasteiger charge is -2.29. The highest BCUT2D eigenvalue weighted by atomic mass is 16.8. The normalized spacial score (nSPS) is 29.7. The van der Waals surface area contributed by atoms with Crippen molar-refractivity contribution in [1.29, 1.82) is 0 Å². The van der Waals surface area contributed by atoms with Gasteiger partial charge in [-0.15, -0.1) is 0 Å². The molecule has 3 atom stereocenters. The molecule has 1 rings (SSSR count). The lowest BCUT2D eigenvalue weighted by Crippen LogP contribution is -2.38. The number of hydrogen-bond acceptors (Lipinski definition) is 5. The molecule has 19 heavy (non-hydrogen) atoms. The number of cyclic esters (lactones) is 2. The van der Waals surface area contributed by atoms with Crippen LogP contribution in [-0.2, 0) is 9.47 Å². The van der Waals surface area contributed by atoms with Gasteiger partial charge in [-0.05, 0) is 59.3 Å². The average Bonchev–Trinajstić information content (AvgIpc) is 2.53. The number of aliphatic hydroxyl groups excluding tert-OH is 2. The standard InChI is InChI=1S/C14H26O5/c1-10(15)6-4-8-14(9-5-7-11(2)16)12(3)18-13(17)19-14/h10-12,15-16H,4-9H2,1-3H3. The van der Waals surface area contributed by atoms with Gasteiger partial charge in [0.1, 0.15) is 6.10 Å². The van der Waals surface area contributed by atoms with Gasteiger partial charge < -0.3 is 19.7 Å². The number of hydrogen-bond donors (Lipinski definition) is 2. The molecule has 0 bridgehead atoms. The number of rotatable bonds is 8. The zero-order valence-corrected chi connectivity index (χ0v) is 12.1. The van der Waals surface area contributed by atoms with Crippen molar-refractivity contribution in [3.8, 4) is 0 Å². The van der Waals surface area contributed by atoms with Crippen LogP contribution in [0.15, 0.2) is 0 Å². The summed E-state index contributed by atoms with van der Waals surface area (Å²) in [5.74, 6) is 0. The predicted molar refractivity (Wildman–Crippen MR) is 70.8 cm³/mol. The highest BCUT2D eigenvalue weighted by molar-refractivity contribution is 5.63. The number of ether oxygens (including phenoxy) is 2. The Hall–Kier alpha value is -0.810. The molecule has 0 aromatic heterocycles. The second kappa shape index (κ2) is 7.10. The Morgan fingerprint density at radius 2 is 1.63 bits per heavy atom. The van der Waals surface area contributed by atoms with Gasteiger partial charge >= 0.3 is 6.16 Å². The summed E-state index contributed by atoms with van der Waals surface area (Å²) in [5, 5.41) is 18.6. The summed E-state index contributed by atoms with van der Waals surface area (Å²) in [6.45, 7) is 5.34. The van der Waals surface area contributed by atoms with Crippen LogP contribution in [0.25, 0.3) is 0 Å². The van der Waals surface area contributed by atoms with E-state index in [-0.39, 0.29) is 18.3 Å². The Balaban J connectivity index is 2.55. The van der Waals surface area contributed by atoms with Crippen molar-refractivity contribution in [2.45, 2.75) is 83.2 Å². The Morgan fingerprint density at radius 1 is 1.16 bits per heavy atom. The van der Waals surface area contributed by atoms with E-state index in [9.17, 15) is 15.0 Å². The molecule has 0 aromatic rings. The monoisotopic (exact) mass is 274 g/mol. The smallest absolute Gasteiger partial charge is 0.427 e. The Morgan fingerprint density at radius 3 is 1.95 bits per heavy atom. The molecular formula is C14H26O5. The van der Waals surface area contributed by atoms with Gasteiger partial charge in [0, 0.05) is 0 Å². The predicted octanol–water partition coefficient (Wildman–Crippen LogP) is 2.38. The fourth-order valence-corrected chi connectivity index (χ4v) is 2.55. The summed E-state index contributed by atoms with van der Waals surface area (Å²) in [5.41, 5.74) is -0.596. The van der Waals surface area contributed by atoms with Crippen LogP contribution in [0.2, 0.25) is 0 Å². The second-order valence-electron chi connectivity index (χ2n) is 5.66. The van der Waals surface area contributed by atoms with E-state index < -0.39 is 11.8 Å². The van der Waals surface area contributed by atoms with E-state index >= 15 is 0 Å². The van der Waals surface area contributed by atoms with Crippen molar-refractivity contribution in [2.75, 3.05) is 0 Å². The zero-order chi connectivity index (χ0) is 14.5. The fraction of sp³-hybridized carbons (Fsp3) is 0.929. The Kier molecular flexibility index (Phi) is 6.07. The highest BCUT2D eigenvalue weighted by Crippen LogP contribution is 2.36. The zero-order valence-electron chi connectivity index (χ0n) is 12.1. The molecule has 0 aliphatic carbocycles. The van der Waals surface area contributed by atoms with Crippen LogP contribution in [0, 0.1) is 0 Å². The Bertz CT molecular complexity index is 274. The van der Waals surface area contributed by atoms with Gasteiger partial charge in [-0.25, -0.2) is 4.79 Å². The lowest BCUT2D eigenvalue weighted by atomic mass is 9.85. The minimum Gasteiger partial charge on any atom is -0.427 e. The highest BCUT2D eigenvalue weighted by Gasteiger charge is 2.47. The maximum atomic E-state index is 11.3. The third-order valence-electron chi connectivity index (χ3n) is 3.74. The van der Waals surface area contributed by atoms with E-state index in [1.54, 1.807) is 13.8 Å². The molecule has 112 valence electrons. The lowest BCUT2D eigenvalue weighted by molar-refractivity contribution is 0.00916. The molecule has 0 spiro atoms. The van der Waals surface area contributed by atoms with E-state index in [4.69, 9.17) is 9.47 Å². The fourth-order valence-electron chi connectivity index (χ4n) is 2.55. The summed E-state index contributed by atoms with van der Waals surface area (Å²) in [6, 6.07) is 0. The molecule has 3 unspecified atom stereocenters. The van der Waals surface area contributed by atoms with Crippen LogP contribution in [0.3, 0.4) is 0 Å². The van der Waals surface area contributed by atoms with Gasteiger partial charge in [0.2, 0.25) is 0 Å². The molecule has 1 aliphatic heterocycles. The van der Waals surface area contributed by atoms with Crippen LogP contribution < -0.4 is 0 Å². The SMILES string of the molecule is CC(O)CCCC1(CCCC(C)O)OC(=O)OC1C. The number of aliphatic hydroxyl groups is 2. The average molecular weight is 274 g/mol. The first-order valence-corrected chi connectivity index (χ1v) is 7.11. The van der Waals surface area contributed by atoms with Crippen LogP contribution in [0.5, 0.6) is 0 Å². The number of carbonyl (C=O) groups excluding carboxylic acids is 1. The molecule has 0 saturated carbocycles. The summed E-state index contributed by atoms with van der Waals surface area (Å²) in [6.07, 6.45) is 2.73. The third kappa shape index (κ3) is 4.99. The molecule has 5 heteroatoms. The molecule has 0 radical (unpaired) electrons. The first-order chi connectivity index (χ1) is 8.85. The van der Waals surface area contributed by atoms with Crippen molar-refractivity contribution in [1.82, 2.24) is 0 Å². The third-order valence-corrected chi connectivity index (χ3v) is 3.74. The van der Waals surface area contributed by atoms with Gasteiger partial charge in [-0.3, -0.25) is 0 Å². The van der Waals surface area contributed by atoms with Crippen molar-refractivity contribution in [3.05, 3.63) is 0 Å². The van der Waals surface area contributed by atoms with Crippen LogP contribution in [0.4, 0.5) is 4.79 Å². The van der Waals surface area contributed by atoms with E-state index in [0.29, 0.717) is 25.7 Å².